The second-order valence-corrected chi connectivity index (χ2v) is 9.16. The normalized spacial score (nSPS) is 11.8. The van der Waals surface area contributed by atoms with E-state index in [2.05, 4.69) is 15.4 Å². The Morgan fingerprint density at radius 2 is 1.71 bits per heavy atom. The van der Waals surface area contributed by atoms with Gasteiger partial charge < -0.3 is 5.32 Å². The fraction of sp³-hybridized carbons (Fsp3) is 0.120. The molecular formula is C25H17Cl2F3N6O2. The molecule has 1 amide bonds. The number of carbonyl (C=O) groups excluding carboxylic acids is 1. The number of hydrogen-bond donors (Lipinski definition) is 1. The van der Waals surface area contributed by atoms with Crippen LogP contribution in [0, 0.1) is 6.92 Å². The summed E-state index contributed by atoms with van der Waals surface area (Å²) in [6, 6.07) is 15.0. The lowest BCUT2D eigenvalue weighted by atomic mass is 10.1. The van der Waals surface area contributed by atoms with Crippen LogP contribution in [-0.2, 0) is 13.2 Å². The molecule has 8 nitrogen and oxygen atoms in total. The van der Waals surface area contributed by atoms with E-state index in [0.29, 0.717) is 21.5 Å². The van der Waals surface area contributed by atoms with Gasteiger partial charge in [-0.15, -0.1) is 0 Å². The molecule has 3 heterocycles. The first-order valence-electron chi connectivity index (χ1n) is 11.0. The zero-order chi connectivity index (χ0) is 27.4. The van der Waals surface area contributed by atoms with Gasteiger partial charge in [0.25, 0.3) is 11.5 Å². The van der Waals surface area contributed by atoms with E-state index >= 15 is 0 Å². The highest BCUT2D eigenvalue weighted by Crippen LogP contribution is 2.34. The van der Waals surface area contributed by atoms with E-state index in [4.69, 9.17) is 23.2 Å². The molecule has 0 saturated carbocycles. The smallest absolute Gasteiger partial charge is 0.314 e. The third kappa shape index (κ3) is 4.44. The molecular weight excluding hydrogens is 544 g/mol. The van der Waals surface area contributed by atoms with E-state index in [0.717, 1.165) is 12.1 Å². The number of nitrogens with one attached hydrogen (secondary N) is 1. The second-order valence-electron chi connectivity index (χ2n) is 8.34. The fourth-order valence-electron chi connectivity index (χ4n) is 3.98. The lowest BCUT2D eigenvalue weighted by Gasteiger charge is -2.11. The summed E-state index contributed by atoms with van der Waals surface area (Å²) >= 11 is 12.0. The van der Waals surface area contributed by atoms with Crippen molar-refractivity contribution in [2.75, 3.05) is 5.32 Å². The van der Waals surface area contributed by atoms with Crippen LogP contribution in [0.5, 0.6) is 0 Å². The lowest BCUT2D eigenvalue weighted by Crippen LogP contribution is -2.23. The van der Waals surface area contributed by atoms with E-state index in [1.54, 1.807) is 49.0 Å². The molecule has 0 atom stereocenters. The summed E-state index contributed by atoms with van der Waals surface area (Å²) in [5.41, 5.74) is -1.01. The molecule has 194 valence electrons. The van der Waals surface area contributed by atoms with Gasteiger partial charge in [0.05, 0.1) is 27.1 Å². The molecule has 5 aromatic rings. The number of anilines is 1. The largest absolute Gasteiger partial charge is 0.433 e. The van der Waals surface area contributed by atoms with Crippen molar-refractivity contribution in [1.29, 1.82) is 0 Å². The highest BCUT2D eigenvalue weighted by atomic mass is 35.5. The van der Waals surface area contributed by atoms with Gasteiger partial charge >= 0.3 is 6.18 Å². The van der Waals surface area contributed by atoms with E-state index in [1.807, 2.05) is 0 Å². The minimum atomic E-state index is -4.81. The van der Waals surface area contributed by atoms with Gasteiger partial charge in [-0.05, 0) is 37.3 Å². The van der Waals surface area contributed by atoms with Crippen LogP contribution in [0.4, 0.5) is 18.9 Å². The summed E-state index contributed by atoms with van der Waals surface area (Å²) in [6.07, 6.45) is -4.81. The lowest BCUT2D eigenvalue weighted by molar-refractivity contribution is -0.142. The van der Waals surface area contributed by atoms with Gasteiger partial charge in [0.2, 0.25) is 0 Å². The van der Waals surface area contributed by atoms with Gasteiger partial charge in [-0.1, -0.05) is 47.5 Å². The quantitative estimate of drug-likeness (QED) is 0.302. The number of rotatable bonds is 4. The number of aromatic nitrogens is 5. The average Bonchev–Trinajstić information content (AvgIpc) is 3.40. The van der Waals surface area contributed by atoms with Crippen LogP contribution in [0.25, 0.3) is 22.6 Å². The number of hydrogen-bond acceptors (Lipinski definition) is 4. The van der Waals surface area contributed by atoms with Crippen molar-refractivity contribution in [3.05, 3.63) is 98.1 Å². The highest BCUT2D eigenvalue weighted by molar-refractivity contribution is 6.42. The van der Waals surface area contributed by atoms with Crippen LogP contribution in [0.15, 0.2) is 65.5 Å². The Balaban J connectivity index is 1.57. The Kier molecular flexibility index (Phi) is 6.28. The van der Waals surface area contributed by atoms with Gasteiger partial charge in [-0.3, -0.25) is 14.3 Å². The molecule has 0 radical (unpaired) electrons. The van der Waals surface area contributed by atoms with Crippen LogP contribution < -0.4 is 10.9 Å². The summed E-state index contributed by atoms with van der Waals surface area (Å²) in [6.45, 7) is 1.63. The Labute approximate surface area is 222 Å². The van der Waals surface area contributed by atoms with Gasteiger partial charge in [0.15, 0.2) is 17.0 Å². The second kappa shape index (κ2) is 9.34. The van der Waals surface area contributed by atoms with Crippen molar-refractivity contribution in [2.24, 2.45) is 7.05 Å². The number of fused-ring (bicyclic) bond motifs is 1. The van der Waals surface area contributed by atoms with E-state index in [9.17, 15) is 22.8 Å². The molecule has 5 rings (SSSR count). The Bertz CT molecular complexity index is 1770. The molecule has 0 aliphatic heterocycles. The maximum Gasteiger partial charge on any atom is 0.433 e. The first-order chi connectivity index (χ1) is 18.0. The maximum absolute atomic E-state index is 13.9. The van der Waals surface area contributed by atoms with E-state index in [-0.39, 0.29) is 32.8 Å². The molecule has 0 aliphatic carbocycles. The van der Waals surface area contributed by atoms with Crippen molar-refractivity contribution in [2.45, 2.75) is 13.1 Å². The summed E-state index contributed by atoms with van der Waals surface area (Å²) in [5.74, 6) is -0.870. The minimum absolute atomic E-state index is 0.0288. The first kappa shape index (κ1) is 25.6. The van der Waals surface area contributed by atoms with Gasteiger partial charge in [0, 0.05) is 18.7 Å². The predicted molar refractivity (Wildman–Crippen MR) is 137 cm³/mol. The number of carbonyl (C=O) groups is 1. The van der Waals surface area contributed by atoms with Gasteiger partial charge in [-0.2, -0.15) is 18.3 Å². The zero-order valence-electron chi connectivity index (χ0n) is 19.7. The van der Waals surface area contributed by atoms with Crippen molar-refractivity contribution in [1.82, 2.24) is 24.0 Å². The third-order valence-electron chi connectivity index (χ3n) is 5.96. The highest BCUT2D eigenvalue weighted by Gasteiger charge is 2.36. The molecule has 0 fully saturated rings. The number of amides is 1. The van der Waals surface area contributed by atoms with E-state index in [1.165, 1.54) is 22.9 Å². The van der Waals surface area contributed by atoms with E-state index < -0.39 is 23.3 Å². The van der Waals surface area contributed by atoms with Gasteiger partial charge in [0.1, 0.15) is 5.69 Å². The number of nitrogens with zero attached hydrogens (tertiary/aromatic N) is 5. The van der Waals surface area contributed by atoms with Gasteiger partial charge in [-0.25, -0.2) is 14.2 Å². The Morgan fingerprint density at radius 1 is 1.00 bits per heavy atom. The molecule has 0 aliphatic rings. The van der Waals surface area contributed by atoms with Crippen molar-refractivity contribution >= 4 is 40.4 Å². The maximum atomic E-state index is 13.9. The molecule has 0 unspecified atom stereocenters. The van der Waals surface area contributed by atoms with Crippen LogP contribution in [0.2, 0.25) is 10.0 Å². The summed E-state index contributed by atoms with van der Waals surface area (Å²) in [4.78, 5) is 30.4. The number of para-hydroxylation sites is 1. The van der Waals surface area contributed by atoms with Crippen molar-refractivity contribution in [3.8, 4) is 16.9 Å². The monoisotopic (exact) mass is 560 g/mol. The molecule has 3 aromatic heterocycles. The molecule has 1 N–H and O–H groups in total. The average molecular weight is 561 g/mol. The summed E-state index contributed by atoms with van der Waals surface area (Å²) in [5, 5.41) is 6.72. The molecule has 0 saturated heterocycles. The number of alkyl halides is 3. The third-order valence-corrected chi connectivity index (χ3v) is 6.70. The molecule has 0 bridgehead atoms. The molecule has 0 spiro atoms. The topological polar surface area (TPSA) is 86.2 Å². The Hall–Kier alpha value is -4.09. The Morgan fingerprint density at radius 3 is 2.37 bits per heavy atom. The summed E-state index contributed by atoms with van der Waals surface area (Å²) in [7, 11) is 1.65. The standard InChI is InChI=1S/C25H17Cl2F3N6O2/c1-13-22(24(38)36(34(13)2)15-6-4-3-5-7-15)32-23(37)19-12-21-31-18(14-8-9-16(26)17(27)10-14)11-20(25(28,29)30)35(21)33-19/h3-12H,1-2H3,(H,32,37). The molecule has 13 heteroatoms. The SMILES string of the molecule is Cc1c(NC(=O)c2cc3nc(-c4ccc(Cl)c(Cl)c4)cc(C(F)(F)F)n3n2)c(=O)n(-c2ccccc2)n1C. The number of halogens is 5. The minimum Gasteiger partial charge on any atom is -0.314 e. The molecule has 38 heavy (non-hydrogen) atoms. The number of benzene rings is 2. The van der Waals surface area contributed by atoms with Crippen molar-refractivity contribution < 1.29 is 18.0 Å². The van der Waals surface area contributed by atoms with Crippen LogP contribution in [0.3, 0.4) is 0 Å². The predicted octanol–water partition coefficient (Wildman–Crippen LogP) is 5.77. The van der Waals surface area contributed by atoms with Crippen LogP contribution >= 0.6 is 23.2 Å². The van der Waals surface area contributed by atoms with Crippen LogP contribution in [-0.4, -0.2) is 29.9 Å². The zero-order valence-corrected chi connectivity index (χ0v) is 21.2. The fourth-order valence-corrected chi connectivity index (χ4v) is 4.28. The summed E-state index contributed by atoms with van der Waals surface area (Å²) < 4.78 is 45.3. The van der Waals surface area contributed by atoms with Crippen molar-refractivity contribution in [3.63, 3.8) is 0 Å². The molecule has 2 aromatic carbocycles. The first-order valence-corrected chi connectivity index (χ1v) is 11.8. The van der Waals surface area contributed by atoms with Crippen LogP contribution in [0.1, 0.15) is 21.9 Å².